The average Bonchev–Trinajstić information content (AvgIpc) is 2.69. The SMILES string of the molecule is Cn1cncc1C(NN)c1ccccc1F. The number of imidazole rings is 1. The van der Waals surface area contributed by atoms with Crippen LogP contribution in [0.15, 0.2) is 36.8 Å². The van der Waals surface area contributed by atoms with Crippen LogP contribution in [-0.2, 0) is 7.05 Å². The first-order valence-electron chi connectivity index (χ1n) is 4.91. The quantitative estimate of drug-likeness (QED) is 0.602. The average molecular weight is 220 g/mol. The van der Waals surface area contributed by atoms with Crippen molar-refractivity contribution in [3.8, 4) is 0 Å². The minimum Gasteiger partial charge on any atom is -0.336 e. The van der Waals surface area contributed by atoms with Gasteiger partial charge >= 0.3 is 0 Å². The predicted molar refractivity (Wildman–Crippen MR) is 58.8 cm³/mol. The van der Waals surface area contributed by atoms with Gasteiger partial charge in [0.15, 0.2) is 0 Å². The van der Waals surface area contributed by atoms with Crippen molar-refractivity contribution in [3.63, 3.8) is 0 Å². The highest BCUT2D eigenvalue weighted by Crippen LogP contribution is 2.22. The summed E-state index contributed by atoms with van der Waals surface area (Å²) in [6, 6.07) is 6.14. The van der Waals surface area contributed by atoms with Crippen molar-refractivity contribution < 1.29 is 4.39 Å². The number of aryl methyl sites for hydroxylation is 1. The Balaban J connectivity index is 2.45. The van der Waals surface area contributed by atoms with E-state index in [0.29, 0.717) is 5.56 Å². The molecule has 2 aromatic rings. The van der Waals surface area contributed by atoms with Crippen LogP contribution in [0.25, 0.3) is 0 Å². The summed E-state index contributed by atoms with van der Waals surface area (Å²) in [6.45, 7) is 0. The minimum absolute atomic E-state index is 0.286. The third-order valence-electron chi connectivity index (χ3n) is 2.53. The van der Waals surface area contributed by atoms with Gasteiger partial charge in [0.1, 0.15) is 5.82 Å². The molecule has 0 aliphatic heterocycles. The number of hydrogen-bond donors (Lipinski definition) is 2. The highest BCUT2D eigenvalue weighted by molar-refractivity contribution is 5.28. The Bertz CT molecular complexity index is 480. The molecule has 5 heteroatoms. The van der Waals surface area contributed by atoms with Gasteiger partial charge in [-0.25, -0.2) is 14.8 Å². The van der Waals surface area contributed by atoms with Crippen LogP contribution in [0, 0.1) is 5.82 Å². The molecule has 1 aromatic carbocycles. The topological polar surface area (TPSA) is 55.9 Å². The van der Waals surface area contributed by atoms with Crippen LogP contribution in [0.5, 0.6) is 0 Å². The normalized spacial score (nSPS) is 12.7. The monoisotopic (exact) mass is 220 g/mol. The summed E-state index contributed by atoms with van der Waals surface area (Å²) in [4.78, 5) is 3.99. The molecule has 1 aromatic heterocycles. The van der Waals surface area contributed by atoms with Crippen LogP contribution in [0.2, 0.25) is 0 Å². The molecule has 4 nitrogen and oxygen atoms in total. The summed E-state index contributed by atoms with van der Waals surface area (Å²) >= 11 is 0. The van der Waals surface area contributed by atoms with Gasteiger partial charge in [-0.1, -0.05) is 18.2 Å². The maximum atomic E-state index is 13.6. The maximum Gasteiger partial charge on any atom is 0.128 e. The van der Waals surface area contributed by atoms with E-state index < -0.39 is 6.04 Å². The lowest BCUT2D eigenvalue weighted by Gasteiger charge is -2.17. The van der Waals surface area contributed by atoms with E-state index >= 15 is 0 Å². The minimum atomic E-state index is -0.395. The molecule has 0 saturated carbocycles. The van der Waals surface area contributed by atoms with Gasteiger partial charge in [0.25, 0.3) is 0 Å². The van der Waals surface area contributed by atoms with Gasteiger partial charge in [-0.2, -0.15) is 0 Å². The number of hydrogen-bond acceptors (Lipinski definition) is 3. The molecular formula is C11H13FN4. The second-order valence-electron chi connectivity index (χ2n) is 3.55. The standard InChI is InChI=1S/C11H13FN4/c1-16-7-14-6-10(16)11(15-13)8-4-2-3-5-9(8)12/h2-7,11,15H,13H2,1H3. The van der Waals surface area contributed by atoms with Crippen molar-refractivity contribution >= 4 is 0 Å². The van der Waals surface area contributed by atoms with Gasteiger partial charge in [-0.05, 0) is 6.07 Å². The first-order chi connectivity index (χ1) is 7.74. The largest absolute Gasteiger partial charge is 0.336 e. The zero-order chi connectivity index (χ0) is 11.5. The van der Waals surface area contributed by atoms with Crippen molar-refractivity contribution in [1.29, 1.82) is 0 Å². The number of hydrazine groups is 1. The smallest absolute Gasteiger partial charge is 0.128 e. The lowest BCUT2D eigenvalue weighted by atomic mass is 10.0. The second kappa shape index (κ2) is 4.42. The van der Waals surface area contributed by atoms with Gasteiger partial charge in [-0.15, -0.1) is 0 Å². The third kappa shape index (κ3) is 1.82. The van der Waals surface area contributed by atoms with Crippen molar-refractivity contribution in [3.05, 3.63) is 53.9 Å². The number of nitrogens with zero attached hydrogens (tertiary/aromatic N) is 2. The number of halogens is 1. The molecule has 0 aliphatic carbocycles. The maximum absolute atomic E-state index is 13.6. The lowest BCUT2D eigenvalue weighted by molar-refractivity contribution is 0.543. The van der Waals surface area contributed by atoms with Crippen LogP contribution in [0.1, 0.15) is 17.3 Å². The Morgan fingerprint density at radius 1 is 1.44 bits per heavy atom. The molecule has 84 valence electrons. The van der Waals surface area contributed by atoms with Gasteiger partial charge in [0.05, 0.1) is 24.3 Å². The Hall–Kier alpha value is -1.72. The summed E-state index contributed by atoms with van der Waals surface area (Å²) < 4.78 is 15.4. The number of benzene rings is 1. The van der Waals surface area contributed by atoms with E-state index in [1.807, 2.05) is 7.05 Å². The van der Waals surface area contributed by atoms with Crippen molar-refractivity contribution in [2.75, 3.05) is 0 Å². The van der Waals surface area contributed by atoms with Crippen molar-refractivity contribution in [1.82, 2.24) is 15.0 Å². The van der Waals surface area contributed by atoms with Gasteiger partial charge < -0.3 is 4.57 Å². The molecule has 0 fully saturated rings. The Labute approximate surface area is 92.9 Å². The fraction of sp³-hybridized carbons (Fsp3) is 0.182. The molecule has 0 aliphatic rings. The molecule has 1 unspecified atom stereocenters. The fourth-order valence-corrected chi connectivity index (χ4v) is 1.69. The summed E-state index contributed by atoms with van der Waals surface area (Å²) in [7, 11) is 1.84. The highest BCUT2D eigenvalue weighted by atomic mass is 19.1. The van der Waals surface area contributed by atoms with Crippen LogP contribution >= 0.6 is 0 Å². The molecule has 0 amide bonds. The highest BCUT2D eigenvalue weighted by Gasteiger charge is 2.18. The van der Waals surface area contributed by atoms with Gasteiger partial charge in [0.2, 0.25) is 0 Å². The summed E-state index contributed by atoms with van der Waals surface area (Å²) in [5.74, 6) is 5.19. The van der Waals surface area contributed by atoms with Gasteiger partial charge in [-0.3, -0.25) is 5.84 Å². The number of aromatic nitrogens is 2. The fourth-order valence-electron chi connectivity index (χ4n) is 1.69. The molecular weight excluding hydrogens is 207 g/mol. The van der Waals surface area contributed by atoms with Crippen LogP contribution in [0.3, 0.4) is 0 Å². The third-order valence-corrected chi connectivity index (χ3v) is 2.53. The predicted octanol–water partition coefficient (Wildman–Crippen LogP) is 1.11. The van der Waals surface area contributed by atoms with E-state index in [9.17, 15) is 4.39 Å². The molecule has 1 atom stereocenters. The van der Waals surface area contributed by atoms with Crippen molar-refractivity contribution in [2.45, 2.75) is 6.04 Å². The van der Waals surface area contributed by atoms with E-state index in [1.165, 1.54) is 6.07 Å². The van der Waals surface area contributed by atoms with Crippen LogP contribution < -0.4 is 11.3 Å². The first-order valence-corrected chi connectivity index (χ1v) is 4.91. The Morgan fingerprint density at radius 2 is 2.19 bits per heavy atom. The summed E-state index contributed by atoms with van der Waals surface area (Å²) in [5.41, 5.74) is 3.92. The van der Waals surface area contributed by atoms with Crippen molar-refractivity contribution in [2.24, 2.45) is 12.9 Å². The lowest BCUT2D eigenvalue weighted by Crippen LogP contribution is -2.30. The zero-order valence-electron chi connectivity index (χ0n) is 8.89. The zero-order valence-corrected chi connectivity index (χ0v) is 8.89. The Morgan fingerprint density at radius 3 is 2.75 bits per heavy atom. The number of rotatable bonds is 3. The molecule has 3 N–H and O–H groups in total. The molecule has 1 heterocycles. The van der Waals surface area contributed by atoms with E-state index in [0.717, 1.165) is 5.69 Å². The Kier molecular flexibility index (Phi) is 2.98. The van der Waals surface area contributed by atoms with Crippen LogP contribution in [-0.4, -0.2) is 9.55 Å². The molecule has 0 bridgehead atoms. The van der Waals surface area contributed by atoms with E-state index in [4.69, 9.17) is 5.84 Å². The molecule has 0 saturated heterocycles. The summed E-state index contributed by atoms with van der Waals surface area (Å²) in [6.07, 6.45) is 3.32. The molecule has 16 heavy (non-hydrogen) atoms. The van der Waals surface area contributed by atoms with E-state index in [2.05, 4.69) is 10.4 Å². The van der Waals surface area contributed by atoms with E-state index in [-0.39, 0.29) is 5.82 Å². The van der Waals surface area contributed by atoms with E-state index in [1.54, 1.807) is 35.3 Å². The molecule has 0 radical (unpaired) electrons. The number of nitrogens with two attached hydrogens (primary N) is 1. The van der Waals surface area contributed by atoms with Gasteiger partial charge in [0, 0.05) is 12.6 Å². The van der Waals surface area contributed by atoms with Crippen LogP contribution in [0.4, 0.5) is 4.39 Å². The molecule has 2 rings (SSSR count). The molecule has 0 spiro atoms. The second-order valence-corrected chi connectivity index (χ2v) is 3.55. The summed E-state index contributed by atoms with van der Waals surface area (Å²) in [5, 5.41) is 0. The first kappa shape index (κ1) is 10.8. The number of nitrogens with one attached hydrogen (secondary N) is 1.